The maximum Gasteiger partial charge on any atom is 0.191 e. The molecular formula is C21H36IN5. The molecule has 27 heavy (non-hydrogen) atoms. The molecule has 2 atom stereocenters. The quantitative estimate of drug-likeness (QED) is 0.338. The molecule has 2 aliphatic rings. The van der Waals surface area contributed by atoms with E-state index in [9.17, 15) is 0 Å². The van der Waals surface area contributed by atoms with Crippen LogP contribution in [0, 0.1) is 0 Å². The first kappa shape index (κ1) is 22.4. The lowest BCUT2D eigenvalue weighted by atomic mass is 10.2. The Morgan fingerprint density at radius 3 is 2.63 bits per heavy atom. The van der Waals surface area contributed by atoms with Crippen molar-refractivity contribution < 1.29 is 0 Å². The number of likely N-dealkylation sites (tertiary alicyclic amines) is 1. The Hall–Kier alpha value is -0.860. The summed E-state index contributed by atoms with van der Waals surface area (Å²) in [6.45, 7) is 6.42. The van der Waals surface area contributed by atoms with Gasteiger partial charge >= 0.3 is 0 Å². The third-order valence-corrected chi connectivity index (χ3v) is 5.84. The molecule has 0 amide bonds. The molecule has 5 nitrogen and oxygen atoms in total. The van der Waals surface area contributed by atoms with Gasteiger partial charge in [-0.05, 0) is 51.8 Å². The van der Waals surface area contributed by atoms with Crippen LogP contribution in [0.15, 0.2) is 35.3 Å². The molecule has 1 saturated heterocycles. The molecule has 1 aliphatic heterocycles. The Balaban J connectivity index is 0.00000261. The molecule has 3 rings (SSSR count). The zero-order valence-corrected chi connectivity index (χ0v) is 19.4. The highest BCUT2D eigenvalue weighted by Crippen LogP contribution is 2.26. The highest BCUT2D eigenvalue weighted by atomic mass is 127. The molecule has 152 valence electrons. The lowest BCUT2D eigenvalue weighted by Crippen LogP contribution is -2.48. The largest absolute Gasteiger partial charge is 0.355 e. The maximum atomic E-state index is 4.41. The molecule has 0 spiro atoms. The standard InChI is InChI=1S/C21H35N5.HI/c1-17(25(3)19-11-12-19)14-23-21(22-2)24-15-20-10-7-13-26(20)16-18-8-5-4-6-9-18;/h4-6,8-9,17,19-20H,7,10-16H2,1-3H3,(H2,22,23,24);1H. The van der Waals surface area contributed by atoms with Crippen molar-refractivity contribution in [2.24, 2.45) is 4.99 Å². The molecule has 1 aromatic rings. The van der Waals surface area contributed by atoms with Gasteiger partial charge in [-0.3, -0.25) is 14.8 Å². The predicted octanol–water partition coefficient (Wildman–Crippen LogP) is 2.92. The molecule has 2 unspecified atom stereocenters. The van der Waals surface area contributed by atoms with Crippen molar-refractivity contribution in [2.75, 3.05) is 33.7 Å². The monoisotopic (exact) mass is 485 g/mol. The van der Waals surface area contributed by atoms with E-state index in [4.69, 9.17) is 0 Å². The number of rotatable bonds is 8. The van der Waals surface area contributed by atoms with Crippen LogP contribution in [0.25, 0.3) is 0 Å². The number of hydrogen-bond donors (Lipinski definition) is 2. The second-order valence-electron chi connectivity index (χ2n) is 7.83. The van der Waals surface area contributed by atoms with Gasteiger partial charge in [-0.15, -0.1) is 24.0 Å². The van der Waals surface area contributed by atoms with Gasteiger partial charge in [0.2, 0.25) is 0 Å². The van der Waals surface area contributed by atoms with Crippen LogP contribution in [0.4, 0.5) is 0 Å². The minimum atomic E-state index is 0. The van der Waals surface area contributed by atoms with Crippen LogP contribution in [0.5, 0.6) is 0 Å². The fourth-order valence-corrected chi connectivity index (χ4v) is 3.82. The van der Waals surface area contributed by atoms with Gasteiger partial charge in [0.05, 0.1) is 0 Å². The van der Waals surface area contributed by atoms with Crippen LogP contribution in [0.2, 0.25) is 0 Å². The van der Waals surface area contributed by atoms with Gasteiger partial charge in [0.1, 0.15) is 0 Å². The van der Waals surface area contributed by atoms with E-state index < -0.39 is 0 Å². The average Bonchev–Trinajstić information content (AvgIpc) is 3.43. The summed E-state index contributed by atoms with van der Waals surface area (Å²) in [5, 5.41) is 7.04. The maximum absolute atomic E-state index is 4.41. The van der Waals surface area contributed by atoms with Crippen LogP contribution < -0.4 is 10.6 Å². The summed E-state index contributed by atoms with van der Waals surface area (Å²) in [7, 11) is 4.10. The number of nitrogens with one attached hydrogen (secondary N) is 2. The lowest BCUT2D eigenvalue weighted by molar-refractivity contribution is 0.242. The molecule has 2 fully saturated rings. The third-order valence-electron chi connectivity index (χ3n) is 5.84. The van der Waals surface area contributed by atoms with Crippen LogP contribution >= 0.6 is 24.0 Å². The van der Waals surface area contributed by atoms with Gasteiger partial charge in [-0.2, -0.15) is 0 Å². The molecule has 0 radical (unpaired) electrons. The minimum Gasteiger partial charge on any atom is -0.355 e. The third kappa shape index (κ3) is 6.91. The van der Waals surface area contributed by atoms with Gasteiger partial charge in [-0.1, -0.05) is 30.3 Å². The Morgan fingerprint density at radius 1 is 1.22 bits per heavy atom. The summed E-state index contributed by atoms with van der Waals surface area (Å²) < 4.78 is 0. The summed E-state index contributed by atoms with van der Waals surface area (Å²) in [4.78, 5) is 9.49. The number of nitrogens with zero attached hydrogens (tertiary/aromatic N) is 3. The van der Waals surface area contributed by atoms with Crippen molar-refractivity contribution in [1.29, 1.82) is 0 Å². The number of aliphatic imine (C=N–C) groups is 1. The Morgan fingerprint density at radius 2 is 1.96 bits per heavy atom. The Labute approximate surface area is 182 Å². The average molecular weight is 485 g/mol. The van der Waals surface area contributed by atoms with E-state index >= 15 is 0 Å². The molecule has 1 aliphatic carbocycles. The lowest BCUT2D eigenvalue weighted by Gasteiger charge is -2.27. The molecule has 1 saturated carbocycles. The van der Waals surface area contributed by atoms with Crippen molar-refractivity contribution in [2.45, 2.75) is 57.3 Å². The number of likely N-dealkylation sites (N-methyl/N-ethyl adjacent to an activating group) is 1. The first-order chi connectivity index (χ1) is 12.7. The molecule has 6 heteroatoms. The topological polar surface area (TPSA) is 42.9 Å². The highest BCUT2D eigenvalue weighted by Gasteiger charge is 2.29. The van der Waals surface area contributed by atoms with E-state index in [2.05, 4.69) is 69.7 Å². The summed E-state index contributed by atoms with van der Waals surface area (Å²) in [5.41, 5.74) is 1.40. The van der Waals surface area contributed by atoms with E-state index in [1.807, 2.05) is 7.05 Å². The van der Waals surface area contributed by atoms with Crippen LogP contribution in [0.3, 0.4) is 0 Å². The van der Waals surface area contributed by atoms with E-state index in [1.165, 1.54) is 37.8 Å². The fourth-order valence-electron chi connectivity index (χ4n) is 3.82. The second-order valence-corrected chi connectivity index (χ2v) is 7.83. The van der Waals surface area contributed by atoms with Gasteiger partial charge < -0.3 is 10.6 Å². The summed E-state index contributed by atoms with van der Waals surface area (Å²) in [6, 6.07) is 12.7. The number of guanidine groups is 1. The van der Waals surface area contributed by atoms with Crippen molar-refractivity contribution in [1.82, 2.24) is 20.4 Å². The first-order valence-corrected chi connectivity index (χ1v) is 10.1. The molecular weight excluding hydrogens is 449 g/mol. The van der Waals surface area contributed by atoms with Gasteiger partial charge in [-0.25, -0.2) is 0 Å². The van der Waals surface area contributed by atoms with Crippen molar-refractivity contribution in [3.8, 4) is 0 Å². The number of hydrogen-bond acceptors (Lipinski definition) is 3. The van der Waals surface area contributed by atoms with Crippen molar-refractivity contribution in [3.05, 3.63) is 35.9 Å². The van der Waals surface area contributed by atoms with Crippen LogP contribution in [0.1, 0.15) is 38.2 Å². The SMILES string of the molecule is CN=C(NCC1CCCN1Cc1ccccc1)NCC(C)N(C)C1CC1.I. The molecule has 0 bridgehead atoms. The van der Waals surface area contributed by atoms with E-state index in [0.29, 0.717) is 12.1 Å². The summed E-state index contributed by atoms with van der Waals surface area (Å²) in [5.74, 6) is 0.924. The zero-order chi connectivity index (χ0) is 18.4. The zero-order valence-electron chi connectivity index (χ0n) is 17.0. The van der Waals surface area contributed by atoms with E-state index in [1.54, 1.807) is 0 Å². The number of halogens is 1. The summed E-state index contributed by atoms with van der Waals surface area (Å²) in [6.07, 6.45) is 5.26. The second kappa shape index (κ2) is 11.2. The van der Waals surface area contributed by atoms with Crippen LogP contribution in [-0.4, -0.2) is 67.6 Å². The minimum absolute atomic E-state index is 0. The highest BCUT2D eigenvalue weighted by molar-refractivity contribution is 14.0. The van der Waals surface area contributed by atoms with Gasteiger partial charge in [0.15, 0.2) is 5.96 Å². The van der Waals surface area contributed by atoms with E-state index in [0.717, 1.165) is 31.6 Å². The van der Waals surface area contributed by atoms with Crippen LogP contribution in [-0.2, 0) is 6.54 Å². The molecule has 2 N–H and O–H groups in total. The first-order valence-electron chi connectivity index (χ1n) is 10.1. The molecule has 1 heterocycles. The van der Waals surface area contributed by atoms with Crippen molar-refractivity contribution in [3.63, 3.8) is 0 Å². The molecule has 0 aromatic heterocycles. The fraction of sp³-hybridized carbons (Fsp3) is 0.667. The smallest absolute Gasteiger partial charge is 0.191 e. The van der Waals surface area contributed by atoms with Crippen molar-refractivity contribution >= 4 is 29.9 Å². The number of benzene rings is 1. The predicted molar refractivity (Wildman–Crippen MR) is 125 cm³/mol. The normalized spacial score (nSPS) is 21.8. The molecule has 1 aromatic carbocycles. The van der Waals surface area contributed by atoms with Gasteiger partial charge in [0.25, 0.3) is 0 Å². The van der Waals surface area contributed by atoms with E-state index in [-0.39, 0.29) is 24.0 Å². The van der Waals surface area contributed by atoms with Gasteiger partial charge in [0, 0.05) is 44.8 Å². The summed E-state index contributed by atoms with van der Waals surface area (Å²) >= 11 is 0. The Kier molecular flexibility index (Phi) is 9.32. The Bertz CT molecular complexity index is 575.